The molecule has 6 nitrogen and oxygen atoms in total. The standard InChI is InChI=1S/C18H23NO5S/c20-17(19-9-2-5-15(12-19)18(21)22)8-10-25(23,24)16-7-6-13-3-1-4-14(13)11-16/h6-7,11,15H,1-5,8-10,12H2,(H,21,22)/t15-/m1/s1. The molecule has 0 saturated carbocycles. The molecular formula is C18H23NO5S. The maximum atomic E-state index is 12.5. The predicted molar refractivity (Wildman–Crippen MR) is 92.1 cm³/mol. The molecule has 25 heavy (non-hydrogen) atoms. The maximum Gasteiger partial charge on any atom is 0.308 e. The summed E-state index contributed by atoms with van der Waals surface area (Å²) >= 11 is 0. The number of aryl methyl sites for hydroxylation is 2. The van der Waals surface area contributed by atoms with Gasteiger partial charge in [-0.3, -0.25) is 9.59 Å². The van der Waals surface area contributed by atoms with Crippen molar-refractivity contribution in [2.75, 3.05) is 18.8 Å². The molecule has 0 aromatic heterocycles. The van der Waals surface area contributed by atoms with Crippen LogP contribution in [-0.4, -0.2) is 49.1 Å². The van der Waals surface area contributed by atoms with Gasteiger partial charge in [-0.2, -0.15) is 0 Å². The molecule has 136 valence electrons. The lowest BCUT2D eigenvalue weighted by Gasteiger charge is -2.30. The number of likely N-dealkylation sites (tertiary alicyclic amines) is 1. The molecule has 1 aromatic carbocycles. The Labute approximate surface area is 147 Å². The van der Waals surface area contributed by atoms with Crippen LogP contribution in [0.2, 0.25) is 0 Å². The Kier molecular flexibility index (Phi) is 5.13. The topological polar surface area (TPSA) is 91.8 Å². The van der Waals surface area contributed by atoms with Gasteiger partial charge in [0.15, 0.2) is 9.84 Å². The summed E-state index contributed by atoms with van der Waals surface area (Å²) in [6.07, 6.45) is 4.05. The van der Waals surface area contributed by atoms with E-state index in [4.69, 9.17) is 5.11 Å². The van der Waals surface area contributed by atoms with E-state index >= 15 is 0 Å². The van der Waals surface area contributed by atoms with Crippen LogP contribution in [0.15, 0.2) is 23.1 Å². The molecule has 1 atom stereocenters. The van der Waals surface area contributed by atoms with Crippen molar-refractivity contribution in [3.63, 3.8) is 0 Å². The van der Waals surface area contributed by atoms with Crippen molar-refractivity contribution in [1.29, 1.82) is 0 Å². The van der Waals surface area contributed by atoms with E-state index in [9.17, 15) is 18.0 Å². The van der Waals surface area contributed by atoms with Gasteiger partial charge in [-0.15, -0.1) is 0 Å². The Morgan fingerprint density at radius 3 is 2.68 bits per heavy atom. The lowest BCUT2D eigenvalue weighted by atomic mass is 9.98. The number of aliphatic carboxylic acids is 1. The van der Waals surface area contributed by atoms with Gasteiger partial charge in [-0.25, -0.2) is 8.42 Å². The quantitative estimate of drug-likeness (QED) is 0.857. The van der Waals surface area contributed by atoms with E-state index in [1.165, 1.54) is 10.5 Å². The van der Waals surface area contributed by atoms with Gasteiger partial charge in [0.25, 0.3) is 0 Å². The molecule has 1 aliphatic carbocycles. The van der Waals surface area contributed by atoms with E-state index in [2.05, 4.69) is 0 Å². The summed E-state index contributed by atoms with van der Waals surface area (Å²) in [5.74, 6) is -1.97. The van der Waals surface area contributed by atoms with E-state index < -0.39 is 21.7 Å². The first-order valence-electron chi connectivity index (χ1n) is 8.72. The zero-order chi connectivity index (χ0) is 18.0. The molecule has 3 rings (SSSR count). The second-order valence-corrected chi connectivity index (χ2v) is 8.98. The van der Waals surface area contributed by atoms with Crippen LogP contribution in [0.1, 0.15) is 36.8 Å². The third-order valence-corrected chi connectivity index (χ3v) is 6.85. The SMILES string of the molecule is O=C(O)[C@@H]1CCCN(C(=O)CCS(=O)(=O)c2ccc3c(c2)CCC3)C1. The molecule has 0 spiro atoms. The van der Waals surface area contributed by atoms with Crippen molar-refractivity contribution in [2.45, 2.75) is 43.4 Å². The number of piperidine rings is 1. The summed E-state index contributed by atoms with van der Waals surface area (Å²) in [6, 6.07) is 5.24. The van der Waals surface area contributed by atoms with Gasteiger partial charge in [0.1, 0.15) is 0 Å². The first-order chi connectivity index (χ1) is 11.9. The van der Waals surface area contributed by atoms with Crippen LogP contribution < -0.4 is 0 Å². The average Bonchev–Trinajstić information content (AvgIpc) is 3.07. The number of rotatable bonds is 5. The minimum Gasteiger partial charge on any atom is -0.481 e. The van der Waals surface area contributed by atoms with Crippen LogP contribution in [0.4, 0.5) is 0 Å². The third-order valence-electron chi connectivity index (χ3n) is 5.14. The number of benzene rings is 1. The van der Waals surface area contributed by atoms with E-state index in [1.807, 2.05) is 6.07 Å². The minimum atomic E-state index is -3.51. The summed E-state index contributed by atoms with van der Waals surface area (Å²) in [5, 5.41) is 9.09. The van der Waals surface area contributed by atoms with Gasteiger partial charge < -0.3 is 10.0 Å². The fourth-order valence-electron chi connectivity index (χ4n) is 3.64. The lowest BCUT2D eigenvalue weighted by molar-refractivity contribution is -0.145. The minimum absolute atomic E-state index is 0.105. The zero-order valence-corrected chi connectivity index (χ0v) is 14.9. The Morgan fingerprint density at radius 2 is 1.92 bits per heavy atom. The summed E-state index contributed by atoms with van der Waals surface area (Å²) in [7, 11) is -3.51. The summed E-state index contributed by atoms with van der Waals surface area (Å²) in [5.41, 5.74) is 2.30. The summed E-state index contributed by atoms with van der Waals surface area (Å²) < 4.78 is 25.1. The number of sulfone groups is 1. The van der Waals surface area contributed by atoms with Crippen molar-refractivity contribution >= 4 is 21.7 Å². The molecule has 1 aliphatic heterocycles. The molecule has 1 saturated heterocycles. The number of hydrogen-bond acceptors (Lipinski definition) is 4. The van der Waals surface area contributed by atoms with Gasteiger partial charge in [0, 0.05) is 19.5 Å². The highest BCUT2D eigenvalue weighted by Crippen LogP contribution is 2.25. The Hall–Kier alpha value is -1.89. The first kappa shape index (κ1) is 17.9. The van der Waals surface area contributed by atoms with Crippen LogP contribution in [-0.2, 0) is 32.3 Å². The normalized spacial score (nSPS) is 20.3. The number of nitrogens with zero attached hydrogens (tertiary/aromatic N) is 1. The smallest absolute Gasteiger partial charge is 0.308 e. The van der Waals surface area contributed by atoms with Crippen molar-refractivity contribution in [2.24, 2.45) is 5.92 Å². The molecule has 1 amide bonds. The van der Waals surface area contributed by atoms with Gasteiger partial charge in [-0.1, -0.05) is 6.07 Å². The summed E-state index contributed by atoms with van der Waals surface area (Å²) in [4.78, 5) is 25.2. The number of carbonyl (C=O) groups is 2. The van der Waals surface area contributed by atoms with Crippen LogP contribution in [0.3, 0.4) is 0 Å². The highest BCUT2D eigenvalue weighted by molar-refractivity contribution is 7.91. The second kappa shape index (κ2) is 7.15. The van der Waals surface area contributed by atoms with Crippen molar-refractivity contribution in [1.82, 2.24) is 4.90 Å². The van der Waals surface area contributed by atoms with E-state index in [1.54, 1.807) is 12.1 Å². The average molecular weight is 365 g/mol. The number of amides is 1. The molecule has 1 fully saturated rings. The lowest BCUT2D eigenvalue weighted by Crippen LogP contribution is -2.42. The number of carboxylic acids is 1. The molecule has 0 bridgehead atoms. The zero-order valence-electron chi connectivity index (χ0n) is 14.1. The fraction of sp³-hybridized carbons (Fsp3) is 0.556. The molecule has 1 aromatic rings. The van der Waals surface area contributed by atoms with E-state index in [0.717, 1.165) is 24.8 Å². The fourth-order valence-corrected chi connectivity index (χ4v) is 4.92. The summed E-state index contributed by atoms with van der Waals surface area (Å²) in [6.45, 7) is 0.675. The monoisotopic (exact) mass is 365 g/mol. The van der Waals surface area contributed by atoms with Crippen molar-refractivity contribution in [3.05, 3.63) is 29.3 Å². The van der Waals surface area contributed by atoms with E-state index in [-0.39, 0.29) is 29.5 Å². The molecule has 0 unspecified atom stereocenters. The molecule has 0 radical (unpaired) electrons. The third kappa shape index (κ3) is 4.03. The predicted octanol–water partition coefficient (Wildman–Crippen LogP) is 1.66. The van der Waals surface area contributed by atoms with Gasteiger partial charge >= 0.3 is 5.97 Å². The molecule has 1 heterocycles. The second-order valence-electron chi connectivity index (χ2n) is 6.87. The highest BCUT2D eigenvalue weighted by Gasteiger charge is 2.29. The molecular weight excluding hydrogens is 342 g/mol. The number of hydrogen-bond donors (Lipinski definition) is 1. The number of carbonyl (C=O) groups excluding carboxylic acids is 1. The first-order valence-corrected chi connectivity index (χ1v) is 10.4. The molecule has 1 N–H and O–H groups in total. The molecule has 7 heteroatoms. The Bertz CT molecular complexity index is 787. The highest BCUT2D eigenvalue weighted by atomic mass is 32.2. The molecule has 2 aliphatic rings. The van der Waals surface area contributed by atoms with Crippen molar-refractivity contribution < 1.29 is 23.1 Å². The van der Waals surface area contributed by atoms with Gasteiger partial charge in [-0.05, 0) is 55.4 Å². The number of carboxylic acid groups (broad SMARTS) is 1. The Balaban J connectivity index is 1.62. The van der Waals surface area contributed by atoms with Crippen LogP contribution in [0, 0.1) is 5.92 Å². The van der Waals surface area contributed by atoms with Crippen LogP contribution in [0.25, 0.3) is 0 Å². The van der Waals surface area contributed by atoms with E-state index in [0.29, 0.717) is 19.4 Å². The van der Waals surface area contributed by atoms with Gasteiger partial charge in [0.05, 0.1) is 16.6 Å². The number of fused-ring (bicyclic) bond motifs is 1. The van der Waals surface area contributed by atoms with Crippen LogP contribution in [0.5, 0.6) is 0 Å². The van der Waals surface area contributed by atoms with Crippen LogP contribution >= 0.6 is 0 Å². The van der Waals surface area contributed by atoms with Gasteiger partial charge in [0.2, 0.25) is 5.91 Å². The maximum absolute atomic E-state index is 12.5. The largest absolute Gasteiger partial charge is 0.481 e. The van der Waals surface area contributed by atoms with Crippen molar-refractivity contribution in [3.8, 4) is 0 Å². The Morgan fingerprint density at radius 1 is 1.16 bits per heavy atom.